The highest BCUT2D eigenvalue weighted by Crippen LogP contribution is 2.48. The van der Waals surface area contributed by atoms with Crippen LogP contribution in [-0.2, 0) is 0 Å². The highest BCUT2D eigenvalue weighted by atomic mass is 35.5. The quantitative estimate of drug-likeness (QED) is 0.749. The number of hydrogen-bond donors (Lipinski definition) is 1. The molecule has 1 saturated carbocycles. The second-order valence-corrected chi connectivity index (χ2v) is 4.34. The SMILES string of the molecule is Cl.c1ccc(C2CC3CNCC32)cc1. The van der Waals surface area contributed by atoms with Crippen LogP contribution in [0, 0.1) is 11.8 Å². The molecule has 3 rings (SSSR count). The molecule has 0 radical (unpaired) electrons. The summed E-state index contributed by atoms with van der Waals surface area (Å²) in [6.45, 7) is 2.50. The minimum Gasteiger partial charge on any atom is -0.316 e. The monoisotopic (exact) mass is 209 g/mol. The van der Waals surface area contributed by atoms with Gasteiger partial charge in [0.05, 0.1) is 0 Å². The molecule has 1 aliphatic carbocycles. The van der Waals surface area contributed by atoms with Gasteiger partial charge < -0.3 is 5.32 Å². The lowest BCUT2D eigenvalue weighted by atomic mass is 9.64. The van der Waals surface area contributed by atoms with Crippen molar-refractivity contribution >= 4 is 12.4 Å². The van der Waals surface area contributed by atoms with Gasteiger partial charge in [-0.3, -0.25) is 0 Å². The first-order valence-corrected chi connectivity index (χ1v) is 5.21. The number of halogens is 1. The standard InChI is InChI=1S/C12H15N.ClH/c1-2-4-9(5-3-1)11-6-10-7-13-8-12(10)11;/h1-5,10-13H,6-8H2;1H. The molecule has 3 atom stereocenters. The van der Waals surface area contributed by atoms with E-state index in [0.717, 1.165) is 17.8 Å². The van der Waals surface area contributed by atoms with E-state index in [1.54, 1.807) is 5.56 Å². The van der Waals surface area contributed by atoms with Crippen molar-refractivity contribution in [2.24, 2.45) is 11.8 Å². The number of hydrogen-bond acceptors (Lipinski definition) is 1. The van der Waals surface area contributed by atoms with Gasteiger partial charge in [-0.05, 0) is 42.8 Å². The fourth-order valence-corrected chi connectivity index (χ4v) is 2.87. The number of rotatable bonds is 1. The highest BCUT2D eigenvalue weighted by molar-refractivity contribution is 5.85. The van der Waals surface area contributed by atoms with Gasteiger partial charge in [-0.15, -0.1) is 12.4 Å². The Hall–Kier alpha value is -0.530. The lowest BCUT2D eigenvalue weighted by Gasteiger charge is -2.40. The van der Waals surface area contributed by atoms with E-state index in [0.29, 0.717) is 0 Å². The molecule has 0 spiro atoms. The van der Waals surface area contributed by atoms with Gasteiger partial charge in [0, 0.05) is 0 Å². The first kappa shape index (κ1) is 10.0. The second-order valence-electron chi connectivity index (χ2n) is 4.34. The normalized spacial score (nSPS) is 34.1. The Balaban J connectivity index is 0.000000750. The van der Waals surface area contributed by atoms with Crippen molar-refractivity contribution < 1.29 is 0 Å². The van der Waals surface area contributed by atoms with E-state index in [1.165, 1.54) is 19.5 Å². The zero-order valence-corrected chi connectivity index (χ0v) is 8.96. The van der Waals surface area contributed by atoms with Crippen LogP contribution in [-0.4, -0.2) is 13.1 Å². The molecule has 0 aromatic heterocycles. The molecule has 1 aliphatic heterocycles. The maximum Gasteiger partial charge on any atom is -0.00114 e. The fraction of sp³-hybridized carbons (Fsp3) is 0.500. The Kier molecular flexibility index (Phi) is 2.80. The smallest absolute Gasteiger partial charge is 0.00114 e. The summed E-state index contributed by atoms with van der Waals surface area (Å²) in [5.74, 6) is 2.76. The average Bonchev–Trinajstić information content (AvgIpc) is 2.50. The molecule has 1 nitrogen and oxygen atoms in total. The van der Waals surface area contributed by atoms with Crippen LogP contribution in [0.4, 0.5) is 0 Å². The first-order chi connectivity index (χ1) is 6.45. The van der Waals surface area contributed by atoms with Gasteiger partial charge in [0.15, 0.2) is 0 Å². The molecule has 0 bridgehead atoms. The molecule has 2 heteroatoms. The highest BCUT2D eigenvalue weighted by Gasteiger charge is 2.44. The average molecular weight is 210 g/mol. The summed E-state index contributed by atoms with van der Waals surface area (Å²) >= 11 is 0. The molecule has 1 N–H and O–H groups in total. The van der Waals surface area contributed by atoms with Crippen LogP contribution in [0.1, 0.15) is 17.9 Å². The van der Waals surface area contributed by atoms with E-state index in [4.69, 9.17) is 0 Å². The van der Waals surface area contributed by atoms with Gasteiger partial charge in [-0.1, -0.05) is 30.3 Å². The van der Waals surface area contributed by atoms with Gasteiger partial charge in [0.1, 0.15) is 0 Å². The van der Waals surface area contributed by atoms with Crippen LogP contribution in [0.25, 0.3) is 0 Å². The molecule has 14 heavy (non-hydrogen) atoms. The molecule has 2 fully saturated rings. The topological polar surface area (TPSA) is 12.0 Å². The van der Waals surface area contributed by atoms with Crippen molar-refractivity contribution in [3.8, 4) is 0 Å². The summed E-state index contributed by atoms with van der Waals surface area (Å²) < 4.78 is 0. The van der Waals surface area contributed by atoms with Crippen LogP contribution in [0.2, 0.25) is 0 Å². The van der Waals surface area contributed by atoms with Gasteiger partial charge in [0.2, 0.25) is 0 Å². The molecule has 1 aromatic rings. The second kappa shape index (κ2) is 3.92. The Bertz CT molecular complexity index is 298. The van der Waals surface area contributed by atoms with Crippen LogP contribution >= 0.6 is 12.4 Å². The molecule has 0 amide bonds. The van der Waals surface area contributed by atoms with Gasteiger partial charge in [-0.25, -0.2) is 0 Å². The van der Waals surface area contributed by atoms with E-state index >= 15 is 0 Å². The van der Waals surface area contributed by atoms with E-state index in [2.05, 4.69) is 35.6 Å². The lowest BCUT2D eigenvalue weighted by Crippen LogP contribution is -2.33. The zero-order valence-electron chi connectivity index (χ0n) is 8.15. The van der Waals surface area contributed by atoms with Crippen LogP contribution in [0.15, 0.2) is 30.3 Å². The summed E-state index contributed by atoms with van der Waals surface area (Å²) in [6, 6.07) is 11.0. The third kappa shape index (κ3) is 1.45. The first-order valence-electron chi connectivity index (χ1n) is 5.21. The van der Waals surface area contributed by atoms with E-state index in [-0.39, 0.29) is 12.4 Å². The summed E-state index contributed by atoms with van der Waals surface area (Å²) in [5.41, 5.74) is 1.55. The summed E-state index contributed by atoms with van der Waals surface area (Å²) in [4.78, 5) is 0. The van der Waals surface area contributed by atoms with E-state index in [9.17, 15) is 0 Å². The van der Waals surface area contributed by atoms with Crippen molar-refractivity contribution in [2.75, 3.05) is 13.1 Å². The molecule has 1 saturated heterocycles. The van der Waals surface area contributed by atoms with Gasteiger partial charge >= 0.3 is 0 Å². The molecule has 1 aromatic carbocycles. The van der Waals surface area contributed by atoms with Crippen molar-refractivity contribution in [3.63, 3.8) is 0 Å². The van der Waals surface area contributed by atoms with Gasteiger partial charge in [-0.2, -0.15) is 0 Å². The Morgan fingerprint density at radius 3 is 2.57 bits per heavy atom. The Morgan fingerprint density at radius 1 is 1.07 bits per heavy atom. The number of fused-ring (bicyclic) bond motifs is 1. The molecular weight excluding hydrogens is 194 g/mol. The maximum absolute atomic E-state index is 3.48. The molecular formula is C12H16ClN. The van der Waals surface area contributed by atoms with Crippen molar-refractivity contribution in [1.29, 1.82) is 0 Å². The minimum atomic E-state index is 0. The van der Waals surface area contributed by atoms with Gasteiger partial charge in [0.25, 0.3) is 0 Å². The summed E-state index contributed by atoms with van der Waals surface area (Å²) in [6.07, 6.45) is 1.40. The van der Waals surface area contributed by atoms with E-state index < -0.39 is 0 Å². The van der Waals surface area contributed by atoms with Crippen LogP contribution in [0.3, 0.4) is 0 Å². The minimum absolute atomic E-state index is 0. The number of benzene rings is 1. The summed E-state index contributed by atoms with van der Waals surface area (Å²) in [5, 5.41) is 3.48. The van der Waals surface area contributed by atoms with Crippen LogP contribution in [0.5, 0.6) is 0 Å². The lowest BCUT2D eigenvalue weighted by molar-refractivity contribution is 0.191. The van der Waals surface area contributed by atoms with E-state index in [1.807, 2.05) is 0 Å². The predicted molar refractivity (Wildman–Crippen MR) is 60.9 cm³/mol. The summed E-state index contributed by atoms with van der Waals surface area (Å²) in [7, 11) is 0. The van der Waals surface area contributed by atoms with Crippen LogP contribution < -0.4 is 5.32 Å². The Morgan fingerprint density at radius 2 is 1.86 bits per heavy atom. The zero-order chi connectivity index (χ0) is 8.67. The van der Waals surface area contributed by atoms with Crippen molar-refractivity contribution in [2.45, 2.75) is 12.3 Å². The Labute approximate surface area is 91.3 Å². The maximum atomic E-state index is 3.48. The number of nitrogens with one attached hydrogen (secondary N) is 1. The molecule has 3 unspecified atom stereocenters. The van der Waals surface area contributed by atoms with Crippen molar-refractivity contribution in [3.05, 3.63) is 35.9 Å². The fourth-order valence-electron chi connectivity index (χ4n) is 2.87. The molecule has 1 heterocycles. The molecule has 2 aliphatic rings. The third-order valence-corrected chi connectivity index (χ3v) is 3.69. The largest absolute Gasteiger partial charge is 0.316 e. The van der Waals surface area contributed by atoms with Crippen molar-refractivity contribution in [1.82, 2.24) is 5.32 Å². The predicted octanol–water partition coefficient (Wildman–Crippen LogP) is 2.43. The third-order valence-electron chi connectivity index (χ3n) is 3.69. The molecule has 76 valence electrons.